The lowest BCUT2D eigenvalue weighted by molar-refractivity contribution is 0.0952. The van der Waals surface area contributed by atoms with Crippen LogP contribution in [0.1, 0.15) is 37.6 Å². The number of carbonyl (C=O) groups excluding carboxylic acids is 1. The van der Waals surface area contributed by atoms with E-state index in [-0.39, 0.29) is 11.4 Å². The molecule has 0 fully saturated rings. The van der Waals surface area contributed by atoms with Crippen molar-refractivity contribution in [2.24, 2.45) is 0 Å². The molecule has 18 heavy (non-hydrogen) atoms. The first kappa shape index (κ1) is 14.8. The van der Waals surface area contributed by atoms with E-state index in [0.717, 1.165) is 25.1 Å². The van der Waals surface area contributed by atoms with Gasteiger partial charge in [-0.1, -0.05) is 0 Å². The third kappa shape index (κ3) is 4.53. The van der Waals surface area contributed by atoms with Gasteiger partial charge in [-0.15, -0.1) is 0 Å². The molecule has 1 heterocycles. The Kier molecular flexibility index (Phi) is 4.96. The Morgan fingerprint density at radius 2 is 2.06 bits per heavy atom. The summed E-state index contributed by atoms with van der Waals surface area (Å²) in [6, 6.07) is 1.87. The lowest BCUT2D eigenvalue weighted by Gasteiger charge is -2.20. The van der Waals surface area contributed by atoms with Crippen LogP contribution < -0.4 is 5.32 Å². The van der Waals surface area contributed by atoms with Crippen molar-refractivity contribution in [3.8, 4) is 0 Å². The van der Waals surface area contributed by atoms with E-state index in [1.54, 1.807) is 0 Å². The van der Waals surface area contributed by atoms with E-state index in [4.69, 9.17) is 0 Å². The van der Waals surface area contributed by atoms with Gasteiger partial charge in [-0.05, 0) is 53.9 Å². The molecule has 0 unspecified atom stereocenters. The average molecular weight is 251 g/mol. The number of amides is 1. The smallest absolute Gasteiger partial charge is 0.252 e. The molecule has 1 N–H and O–H groups in total. The summed E-state index contributed by atoms with van der Waals surface area (Å²) in [7, 11) is 4.07. The number of carbonyl (C=O) groups is 1. The van der Waals surface area contributed by atoms with Gasteiger partial charge >= 0.3 is 0 Å². The predicted molar refractivity (Wildman–Crippen MR) is 74.9 cm³/mol. The molecule has 0 radical (unpaired) electrons. The number of rotatable bonds is 5. The van der Waals surface area contributed by atoms with Gasteiger partial charge in [0.25, 0.3) is 5.91 Å². The lowest BCUT2D eigenvalue weighted by atomic mass is 10.1. The van der Waals surface area contributed by atoms with Gasteiger partial charge in [0, 0.05) is 24.5 Å². The van der Waals surface area contributed by atoms with E-state index in [0.29, 0.717) is 0 Å². The first-order valence-electron chi connectivity index (χ1n) is 6.42. The van der Waals surface area contributed by atoms with Gasteiger partial charge in [0.05, 0.1) is 5.56 Å². The largest absolute Gasteiger partial charge is 0.352 e. The van der Waals surface area contributed by atoms with Crippen LogP contribution in [0.15, 0.2) is 18.5 Å². The molecule has 1 rings (SSSR count). The monoisotopic (exact) mass is 251 g/mol. The Morgan fingerprint density at radius 3 is 2.56 bits per heavy atom. The summed E-state index contributed by atoms with van der Waals surface area (Å²) in [5.41, 5.74) is 0.749. The van der Waals surface area contributed by atoms with Crippen molar-refractivity contribution in [1.29, 1.82) is 0 Å². The van der Waals surface area contributed by atoms with Crippen molar-refractivity contribution in [2.75, 3.05) is 27.2 Å². The topological polar surface area (TPSA) is 37.3 Å². The molecule has 0 aliphatic rings. The molecule has 0 aromatic carbocycles. The summed E-state index contributed by atoms with van der Waals surface area (Å²) in [4.78, 5) is 14.0. The van der Waals surface area contributed by atoms with Crippen LogP contribution in [0.2, 0.25) is 0 Å². The summed E-state index contributed by atoms with van der Waals surface area (Å²) in [5.74, 6) is 0.0109. The predicted octanol–water partition coefficient (Wildman–Crippen LogP) is 1.92. The van der Waals surface area contributed by atoms with Crippen LogP contribution in [0.25, 0.3) is 0 Å². The normalized spacial score (nSPS) is 11.9. The van der Waals surface area contributed by atoms with Crippen molar-refractivity contribution >= 4 is 5.91 Å². The summed E-state index contributed by atoms with van der Waals surface area (Å²) in [6.45, 7) is 8.06. The molecule has 1 aromatic rings. The van der Waals surface area contributed by atoms with E-state index in [2.05, 4.69) is 35.6 Å². The van der Waals surface area contributed by atoms with Crippen molar-refractivity contribution in [2.45, 2.75) is 32.7 Å². The zero-order chi connectivity index (χ0) is 13.8. The Balaban J connectivity index is 2.45. The number of hydrogen-bond donors (Lipinski definition) is 1. The second kappa shape index (κ2) is 6.05. The number of nitrogens with one attached hydrogen (secondary N) is 1. The zero-order valence-electron chi connectivity index (χ0n) is 12.2. The lowest BCUT2D eigenvalue weighted by Crippen LogP contribution is -2.27. The highest BCUT2D eigenvalue weighted by Crippen LogP contribution is 2.15. The summed E-state index contributed by atoms with van der Waals surface area (Å²) < 4.78 is 2.06. The molecular weight excluding hydrogens is 226 g/mol. The Hall–Kier alpha value is -1.29. The van der Waals surface area contributed by atoms with Gasteiger partial charge in [0.15, 0.2) is 0 Å². The molecule has 0 aliphatic carbocycles. The van der Waals surface area contributed by atoms with Crippen molar-refractivity contribution in [3.63, 3.8) is 0 Å². The summed E-state index contributed by atoms with van der Waals surface area (Å²) in [6.07, 6.45) is 4.83. The van der Waals surface area contributed by atoms with Crippen LogP contribution in [-0.4, -0.2) is 42.6 Å². The number of hydrogen-bond acceptors (Lipinski definition) is 2. The molecule has 0 atom stereocenters. The number of nitrogens with zero attached hydrogens (tertiary/aromatic N) is 2. The molecule has 0 spiro atoms. The first-order chi connectivity index (χ1) is 8.30. The van der Waals surface area contributed by atoms with Crippen molar-refractivity contribution in [1.82, 2.24) is 14.8 Å². The quantitative estimate of drug-likeness (QED) is 0.812. The maximum absolute atomic E-state index is 11.9. The molecule has 102 valence electrons. The van der Waals surface area contributed by atoms with Gasteiger partial charge < -0.3 is 14.8 Å². The standard InChI is InChI=1S/C14H25N3O/c1-14(2,3)17-10-7-12(11-17)13(18)15-8-6-9-16(4)5/h7,10-11H,6,8-9H2,1-5H3,(H,15,18). The minimum Gasteiger partial charge on any atom is -0.352 e. The highest BCUT2D eigenvalue weighted by Gasteiger charge is 2.14. The molecule has 4 nitrogen and oxygen atoms in total. The second-order valence-electron chi connectivity index (χ2n) is 5.89. The van der Waals surface area contributed by atoms with Crippen LogP contribution in [0, 0.1) is 0 Å². The van der Waals surface area contributed by atoms with Crippen LogP contribution in [0.4, 0.5) is 0 Å². The fourth-order valence-corrected chi connectivity index (χ4v) is 1.65. The zero-order valence-corrected chi connectivity index (χ0v) is 12.2. The second-order valence-corrected chi connectivity index (χ2v) is 5.89. The van der Waals surface area contributed by atoms with Gasteiger partial charge in [-0.3, -0.25) is 4.79 Å². The molecule has 1 aromatic heterocycles. The molecule has 0 saturated carbocycles. The highest BCUT2D eigenvalue weighted by atomic mass is 16.1. The Morgan fingerprint density at radius 1 is 1.39 bits per heavy atom. The van der Waals surface area contributed by atoms with Crippen LogP contribution >= 0.6 is 0 Å². The van der Waals surface area contributed by atoms with E-state index in [1.807, 2.05) is 32.6 Å². The van der Waals surface area contributed by atoms with Crippen LogP contribution in [-0.2, 0) is 5.54 Å². The fourth-order valence-electron chi connectivity index (χ4n) is 1.65. The first-order valence-corrected chi connectivity index (χ1v) is 6.42. The Labute approximate surface area is 110 Å². The van der Waals surface area contributed by atoms with Crippen molar-refractivity contribution in [3.05, 3.63) is 24.0 Å². The van der Waals surface area contributed by atoms with Gasteiger partial charge in [0.1, 0.15) is 0 Å². The maximum Gasteiger partial charge on any atom is 0.252 e. The molecular formula is C14H25N3O. The van der Waals surface area contributed by atoms with Crippen molar-refractivity contribution < 1.29 is 4.79 Å². The van der Waals surface area contributed by atoms with Crippen LogP contribution in [0.3, 0.4) is 0 Å². The molecule has 0 aliphatic heterocycles. The van der Waals surface area contributed by atoms with Gasteiger partial charge in [-0.25, -0.2) is 0 Å². The SMILES string of the molecule is CN(C)CCCNC(=O)c1ccn(C(C)(C)C)c1. The molecule has 0 saturated heterocycles. The summed E-state index contributed by atoms with van der Waals surface area (Å²) in [5, 5.41) is 2.94. The van der Waals surface area contributed by atoms with Gasteiger partial charge in [0.2, 0.25) is 0 Å². The van der Waals surface area contributed by atoms with Crippen LogP contribution in [0.5, 0.6) is 0 Å². The minimum atomic E-state index is 0.0109. The summed E-state index contributed by atoms with van der Waals surface area (Å²) >= 11 is 0. The van der Waals surface area contributed by atoms with E-state index < -0.39 is 0 Å². The third-order valence-corrected chi connectivity index (χ3v) is 2.80. The fraction of sp³-hybridized carbons (Fsp3) is 0.643. The van der Waals surface area contributed by atoms with E-state index >= 15 is 0 Å². The Bertz CT molecular complexity index is 388. The van der Waals surface area contributed by atoms with Gasteiger partial charge in [-0.2, -0.15) is 0 Å². The average Bonchev–Trinajstić information content (AvgIpc) is 2.72. The van der Waals surface area contributed by atoms with E-state index in [9.17, 15) is 4.79 Å². The molecule has 4 heteroatoms. The minimum absolute atomic E-state index is 0.0109. The maximum atomic E-state index is 11.9. The number of aromatic nitrogens is 1. The third-order valence-electron chi connectivity index (χ3n) is 2.80. The highest BCUT2D eigenvalue weighted by molar-refractivity contribution is 5.94. The molecule has 0 bridgehead atoms. The van der Waals surface area contributed by atoms with E-state index in [1.165, 1.54) is 0 Å². The molecule has 1 amide bonds.